The van der Waals surface area contributed by atoms with Gasteiger partial charge in [0.15, 0.2) is 0 Å². The molecule has 1 heterocycles. The van der Waals surface area contributed by atoms with E-state index in [9.17, 15) is 9.59 Å². The van der Waals surface area contributed by atoms with Crippen molar-refractivity contribution in [2.75, 3.05) is 18.0 Å². The van der Waals surface area contributed by atoms with E-state index in [-0.39, 0.29) is 12.5 Å². The number of aryl methyl sites for hydroxylation is 1. The molecule has 0 aliphatic carbocycles. The minimum Gasteiger partial charge on any atom is -0.359 e. The van der Waals surface area contributed by atoms with Crippen LogP contribution in [0.25, 0.3) is 0 Å². The molecule has 2 N–H and O–H groups in total. The first-order chi connectivity index (χ1) is 10.1. The van der Waals surface area contributed by atoms with E-state index in [0.29, 0.717) is 12.6 Å². The van der Waals surface area contributed by atoms with Gasteiger partial charge < -0.3 is 10.2 Å². The predicted molar refractivity (Wildman–Crippen MR) is 83.4 cm³/mol. The van der Waals surface area contributed by atoms with Gasteiger partial charge in [0, 0.05) is 18.3 Å². The Labute approximate surface area is 125 Å². The molecule has 0 saturated heterocycles. The van der Waals surface area contributed by atoms with Gasteiger partial charge in [0.25, 0.3) is 0 Å². The second-order valence-corrected chi connectivity index (χ2v) is 5.45. The van der Waals surface area contributed by atoms with Gasteiger partial charge in [-0.1, -0.05) is 25.1 Å². The first-order valence-corrected chi connectivity index (χ1v) is 7.54. The lowest BCUT2D eigenvalue weighted by molar-refractivity contribution is -0.118. The van der Waals surface area contributed by atoms with E-state index >= 15 is 0 Å². The molecule has 0 fully saturated rings. The lowest BCUT2D eigenvalue weighted by Gasteiger charge is -2.36. The molecule has 0 bridgehead atoms. The van der Waals surface area contributed by atoms with Crippen molar-refractivity contribution < 1.29 is 9.59 Å². The van der Waals surface area contributed by atoms with Crippen molar-refractivity contribution in [3.63, 3.8) is 0 Å². The van der Waals surface area contributed by atoms with Gasteiger partial charge in [0.1, 0.15) is 0 Å². The first kappa shape index (κ1) is 15.4. The highest BCUT2D eigenvalue weighted by molar-refractivity contribution is 5.96. The molecule has 0 radical (unpaired) electrons. The minimum atomic E-state index is -0.417. The molecule has 2 rings (SSSR count). The molecule has 1 aliphatic rings. The lowest BCUT2D eigenvalue weighted by Crippen LogP contribution is -2.48. The van der Waals surface area contributed by atoms with Gasteiger partial charge in [-0.05, 0) is 37.8 Å². The fraction of sp³-hybridized carbons (Fsp3) is 0.500. The second kappa shape index (κ2) is 7.11. The van der Waals surface area contributed by atoms with Crippen LogP contribution in [0.5, 0.6) is 0 Å². The standard InChI is InChI=1S/C16H23N3O2/c1-3-10-17-16(21)18-15(20)11-19-12(2)8-9-13-6-4-5-7-14(13)19/h4-7,12H,3,8-11H2,1-2H3,(H2,17,18,20,21). The number of fused-ring (bicyclic) bond motifs is 1. The van der Waals surface area contributed by atoms with Gasteiger partial charge in [-0.3, -0.25) is 10.1 Å². The van der Waals surface area contributed by atoms with E-state index in [4.69, 9.17) is 0 Å². The molecule has 1 aliphatic heterocycles. The number of imide groups is 1. The average molecular weight is 289 g/mol. The van der Waals surface area contributed by atoms with Crippen LogP contribution in [-0.2, 0) is 11.2 Å². The lowest BCUT2D eigenvalue weighted by atomic mass is 9.97. The van der Waals surface area contributed by atoms with Crippen LogP contribution >= 0.6 is 0 Å². The number of carbonyl (C=O) groups excluding carboxylic acids is 2. The zero-order valence-electron chi connectivity index (χ0n) is 12.7. The predicted octanol–water partition coefficient (Wildman–Crippen LogP) is 2.06. The van der Waals surface area contributed by atoms with Gasteiger partial charge in [0.2, 0.25) is 5.91 Å². The monoisotopic (exact) mass is 289 g/mol. The van der Waals surface area contributed by atoms with Crippen molar-refractivity contribution in [2.45, 2.75) is 39.2 Å². The highest BCUT2D eigenvalue weighted by Gasteiger charge is 2.24. The zero-order chi connectivity index (χ0) is 15.2. The molecule has 1 aromatic rings. The van der Waals surface area contributed by atoms with Crippen LogP contribution in [0.2, 0.25) is 0 Å². The SMILES string of the molecule is CCCNC(=O)NC(=O)CN1c2ccccc2CCC1C. The summed E-state index contributed by atoms with van der Waals surface area (Å²) in [5, 5.41) is 5.02. The number of amides is 3. The number of carbonyl (C=O) groups is 2. The first-order valence-electron chi connectivity index (χ1n) is 7.54. The number of rotatable bonds is 4. The average Bonchev–Trinajstić information content (AvgIpc) is 2.48. The summed E-state index contributed by atoms with van der Waals surface area (Å²) >= 11 is 0. The molecular weight excluding hydrogens is 266 g/mol. The molecular formula is C16H23N3O2. The smallest absolute Gasteiger partial charge is 0.321 e. The number of hydrogen-bond donors (Lipinski definition) is 2. The van der Waals surface area contributed by atoms with Crippen molar-refractivity contribution in [1.29, 1.82) is 0 Å². The molecule has 0 aromatic heterocycles. The Morgan fingerprint density at radius 2 is 2.10 bits per heavy atom. The Morgan fingerprint density at radius 3 is 2.86 bits per heavy atom. The number of nitrogens with one attached hydrogen (secondary N) is 2. The number of benzene rings is 1. The van der Waals surface area contributed by atoms with E-state index in [1.807, 2.05) is 25.1 Å². The normalized spacial score (nSPS) is 17.0. The molecule has 1 unspecified atom stereocenters. The fourth-order valence-electron chi connectivity index (χ4n) is 2.60. The Morgan fingerprint density at radius 1 is 1.33 bits per heavy atom. The van der Waals surface area contributed by atoms with Crippen LogP contribution in [0.15, 0.2) is 24.3 Å². The Kier molecular flexibility index (Phi) is 5.20. The van der Waals surface area contributed by atoms with Crippen molar-refractivity contribution >= 4 is 17.6 Å². The molecule has 114 valence electrons. The van der Waals surface area contributed by atoms with E-state index in [2.05, 4.69) is 28.5 Å². The summed E-state index contributed by atoms with van der Waals surface area (Å²) in [6.45, 7) is 4.86. The van der Waals surface area contributed by atoms with Crippen LogP contribution in [0.1, 0.15) is 32.3 Å². The number of urea groups is 1. The van der Waals surface area contributed by atoms with E-state index in [1.54, 1.807) is 0 Å². The summed E-state index contributed by atoms with van der Waals surface area (Å²) in [5.74, 6) is -0.271. The Balaban J connectivity index is 1.98. The van der Waals surface area contributed by atoms with E-state index in [0.717, 1.165) is 24.9 Å². The summed E-state index contributed by atoms with van der Waals surface area (Å²) in [4.78, 5) is 25.6. The van der Waals surface area contributed by atoms with Gasteiger partial charge in [-0.15, -0.1) is 0 Å². The highest BCUT2D eigenvalue weighted by Crippen LogP contribution is 2.29. The molecule has 21 heavy (non-hydrogen) atoms. The third-order valence-electron chi connectivity index (χ3n) is 3.77. The number of para-hydroxylation sites is 1. The third kappa shape index (κ3) is 3.97. The summed E-state index contributed by atoms with van der Waals surface area (Å²) in [7, 11) is 0. The maximum atomic E-state index is 12.0. The van der Waals surface area contributed by atoms with Crippen molar-refractivity contribution in [1.82, 2.24) is 10.6 Å². The topological polar surface area (TPSA) is 61.4 Å². The maximum Gasteiger partial charge on any atom is 0.321 e. The highest BCUT2D eigenvalue weighted by atomic mass is 16.2. The van der Waals surface area contributed by atoms with E-state index in [1.165, 1.54) is 5.56 Å². The Hall–Kier alpha value is -2.04. The maximum absolute atomic E-state index is 12.0. The molecule has 1 atom stereocenters. The van der Waals surface area contributed by atoms with Crippen LogP contribution < -0.4 is 15.5 Å². The molecule has 5 nitrogen and oxygen atoms in total. The van der Waals surface area contributed by atoms with Crippen LogP contribution in [0.3, 0.4) is 0 Å². The summed E-state index contributed by atoms with van der Waals surface area (Å²) in [6.07, 6.45) is 2.90. The van der Waals surface area contributed by atoms with E-state index < -0.39 is 6.03 Å². The molecule has 1 aromatic carbocycles. The van der Waals surface area contributed by atoms with Gasteiger partial charge in [-0.25, -0.2) is 4.79 Å². The van der Waals surface area contributed by atoms with Crippen LogP contribution in [-0.4, -0.2) is 31.1 Å². The number of nitrogens with zero attached hydrogens (tertiary/aromatic N) is 1. The fourth-order valence-corrected chi connectivity index (χ4v) is 2.60. The van der Waals surface area contributed by atoms with Crippen LogP contribution in [0.4, 0.5) is 10.5 Å². The molecule has 3 amide bonds. The largest absolute Gasteiger partial charge is 0.359 e. The third-order valence-corrected chi connectivity index (χ3v) is 3.77. The van der Waals surface area contributed by atoms with Crippen LogP contribution in [0, 0.1) is 0 Å². The van der Waals surface area contributed by atoms with Gasteiger partial charge in [-0.2, -0.15) is 0 Å². The minimum absolute atomic E-state index is 0.206. The Bertz CT molecular complexity index is 516. The van der Waals surface area contributed by atoms with Crippen molar-refractivity contribution in [3.8, 4) is 0 Å². The quantitative estimate of drug-likeness (QED) is 0.892. The molecule has 5 heteroatoms. The summed E-state index contributed by atoms with van der Waals surface area (Å²) in [6, 6.07) is 8.01. The zero-order valence-corrected chi connectivity index (χ0v) is 12.7. The number of hydrogen-bond acceptors (Lipinski definition) is 3. The molecule has 0 saturated carbocycles. The number of anilines is 1. The van der Waals surface area contributed by atoms with Gasteiger partial charge >= 0.3 is 6.03 Å². The second-order valence-electron chi connectivity index (χ2n) is 5.45. The summed E-state index contributed by atoms with van der Waals surface area (Å²) < 4.78 is 0. The van der Waals surface area contributed by atoms with Crippen molar-refractivity contribution in [3.05, 3.63) is 29.8 Å². The summed E-state index contributed by atoms with van der Waals surface area (Å²) in [5.41, 5.74) is 2.36. The van der Waals surface area contributed by atoms with Crippen molar-refractivity contribution in [2.24, 2.45) is 0 Å². The van der Waals surface area contributed by atoms with Gasteiger partial charge in [0.05, 0.1) is 6.54 Å². The molecule has 0 spiro atoms.